The van der Waals surface area contributed by atoms with Crippen molar-refractivity contribution in [3.05, 3.63) is 35.6 Å². The molecule has 5 heteroatoms. The number of amides is 1. The summed E-state index contributed by atoms with van der Waals surface area (Å²) in [6, 6.07) is 7.35. The molecule has 22 heavy (non-hydrogen) atoms. The maximum Gasteiger partial charge on any atom is 0.223 e. The van der Waals surface area contributed by atoms with Crippen molar-refractivity contribution < 1.29 is 9.18 Å². The van der Waals surface area contributed by atoms with E-state index < -0.39 is 0 Å². The summed E-state index contributed by atoms with van der Waals surface area (Å²) in [4.78, 5) is 12.2. The van der Waals surface area contributed by atoms with Gasteiger partial charge in [-0.2, -0.15) is 0 Å². The Kier molecular flexibility index (Phi) is 7.83. The number of rotatable bonds is 5. The summed E-state index contributed by atoms with van der Waals surface area (Å²) in [5.74, 6) is -0.141. The molecule has 1 aromatic rings. The first-order chi connectivity index (χ1) is 10.0. The smallest absolute Gasteiger partial charge is 0.223 e. The molecule has 3 unspecified atom stereocenters. The van der Waals surface area contributed by atoms with Gasteiger partial charge < -0.3 is 10.6 Å². The number of piperidine rings is 1. The zero-order valence-corrected chi connectivity index (χ0v) is 14.1. The average molecular weight is 329 g/mol. The number of benzene rings is 1. The van der Waals surface area contributed by atoms with Crippen molar-refractivity contribution in [2.75, 3.05) is 6.54 Å². The Balaban J connectivity index is 0.00000242. The Hall–Kier alpha value is -1.13. The van der Waals surface area contributed by atoms with E-state index in [4.69, 9.17) is 0 Å². The summed E-state index contributed by atoms with van der Waals surface area (Å²) >= 11 is 0. The van der Waals surface area contributed by atoms with Gasteiger partial charge in [0, 0.05) is 18.0 Å². The lowest BCUT2D eigenvalue weighted by Crippen LogP contribution is -2.47. The minimum absolute atomic E-state index is 0. The van der Waals surface area contributed by atoms with E-state index in [1.165, 1.54) is 6.07 Å². The van der Waals surface area contributed by atoms with E-state index in [1.807, 2.05) is 13.0 Å². The van der Waals surface area contributed by atoms with Gasteiger partial charge in [-0.3, -0.25) is 4.79 Å². The second-order valence-corrected chi connectivity index (χ2v) is 6.15. The Morgan fingerprint density at radius 1 is 1.50 bits per heavy atom. The van der Waals surface area contributed by atoms with Crippen LogP contribution < -0.4 is 10.6 Å². The second-order valence-electron chi connectivity index (χ2n) is 6.15. The summed E-state index contributed by atoms with van der Waals surface area (Å²) < 4.78 is 13.1. The SMILES string of the molecule is CC1CC(NC(=O)C(C)CCc2cccc(F)c2)CCN1.Cl. The van der Waals surface area contributed by atoms with E-state index in [9.17, 15) is 9.18 Å². The van der Waals surface area contributed by atoms with E-state index in [1.54, 1.807) is 12.1 Å². The Bertz CT molecular complexity index is 483. The van der Waals surface area contributed by atoms with Gasteiger partial charge in [0.15, 0.2) is 0 Å². The van der Waals surface area contributed by atoms with Crippen LogP contribution in [-0.2, 0) is 11.2 Å². The third-order valence-electron chi connectivity index (χ3n) is 4.17. The molecule has 0 radical (unpaired) electrons. The number of carbonyl (C=O) groups excluding carboxylic acids is 1. The molecule has 1 fully saturated rings. The number of halogens is 2. The van der Waals surface area contributed by atoms with Crippen molar-refractivity contribution in [2.24, 2.45) is 5.92 Å². The monoisotopic (exact) mass is 328 g/mol. The molecule has 0 saturated carbocycles. The molecule has 1 saturated heterocycles. The lowest BCUT2D eigenvalue weighted by atomic mass is 9.97. The van der Waals surface area contributed by atoms with E-state index in [0.29, 0.717) is 6.04 Å². The summed E-state index contributed by atoms with van der Waals surface area (Å²) in [5, 5.41) is 6.52. The lowest BCUT2D eigenvalue weighted by Gasteiger charge is -2.29. The molecule has 1 aliphatic rings. The molecule has 0 aliphatic carbocycles. The summed E-state index contributed by atoms with van der Waals surface area (Å²) in [6.45, 7) is 5.05. The quantitative estimate of drug-likeness (QED) is 0.872. The maximum absolute atomic E-state index is 13.1. The zero-order valence-electron chi connectivity index (χ0n) is 13.3. The van der Waals surface area contributed by atoms with Crippen LogP contribution in [0.3, 0.4) is 0 Å². The molecular formula is C17H26ClFN2O. The van der Waals surface area contributed by atoms with Crippen molar-refractivity contribution in [1.82, 2.24) is 10.6 Å². The molecule has 124 valence electrons. The van der Waals surface area contributed by atoms with Crippen LogP contribution in [-0.4, -0.2) is 24.5 Å². The third-order valence-corrected chi connectivity index (χ3v) is 4.17. The molecule has 1 aliphatic heterocycles. The van der Waals surface area contributed by atoms with Crippen LogP contribution in [0.25, 0.3) is 0 Å². The van der Waals surface area contributed by atoms with Crippen LogP contribution >= 0.6 is 12.4 Å². The minimum Gasteiger partial charge on any atom is -0.353 e. The van der Waals surface area contributed by atoms with Crippen LogP contribution in [0.1, 0.15) is 38.7 Å². The Labute approximate surface area is 138 Å². The van der Waals surface area contributed by atoms with Gasteiger partial charge >= 0.3 is 0 Å². The summed E-state index contributed by atoms with van der Waals surface area (Å²) in [7, 11) is 0. The zero-order chi connectivity index (χ0) is 15.2. The number of hydrogen-bond donors (Lipinski definition) is 2. The van der Waals surface area contributed by atoms with Crippen molar-refractivity contribution in [3.63, 3.8) is 0 Å². The molecule has 0 spiro atoms. The van der Waals surface area contributed by atoms with E-state index in [-0.39, 0.29) is 36.1 Å². The molecule has 2 N–H and O–H groups in total. The second kappa shape index (κ2) is 9.11. The van der Waals surface area contributed by atoms with E-state index in [0.717, 1.165) is 37.8 Å². The van der Waals surface area contributed by atoms with E-state index in [2.05, 4.69) is 17.6 Å². The van der Waals surface area contributed by atoms with Gasteiger partial charge in [0.1, 0.15) is 5.82 Å². The molecule has 1 heterocycles. The predicted molar refractivity (Wildman–Crippen MR) is 89.8 cm³/mol. The first kappa shape index (κ1) is 18.9. The van der Waals surface area contributed by atoms with E-state index >= 15 is 0 Å². The first-order valence-electron chi connectivity index (χ1n) is 7.83. The largest absolute Gasteiger partial charge is 0.353 e. The van der Waals surface area contributed by atoms with Gasteiger partial charge in [-0.25, -0.2) is 4.39 Å². The fraction of sp³-hybridized carbons (Fsp3) is 0.588. The van der Waals surface area contributed by atoms with Crippen LogP contribution in [0.15, 0.2) is 24.3 Å². The molecule has 0 aromatic heterocycles. The number of nitrogens with one attached hydrogen (secondary N) is 2. The highest BCUT2D eigenvalue weighted by Crippen LogP contribution is 2.13. The molecule has 1 amide bonds. The highest BCUT2D eigenvalue weighted by Gasteiger charge is 2.22. The molecule has 3 atom stereocenters. The van der Waals surface area contributed by atoms with Crippen LogP contribution in [0, 0.1) is 11.7 Å². The average Bonchev–Trinajstić information content (AvgIpc) is 2.45. The summed E-state index contributed by atoms with van der Waals surface area (Å²) in [6.07, 6.45) is 3.46. The van der Waals surface area contributed by atoms with Crippen molar-refractivity contribution in [3.8, 4) is 0 Å². The first-order valence-corrected chi connectivity index (χ1v) is 7.83. The van der Waals surface area contributed by atoms with Gasteiger partial charge in [-0.15, -0.1) is 12.4 Å². The van der Waals surface area contributed by atoms with Crippen LogP contribution in [0.2, 0.25) is 0 Å². The van der Waals surface area contributed by atoms with Gasteiger partial charge in [-0.05, 0) is 56.8 Å². The van der Waals surface area contributed by atoms with Crippen molar-refractivity contribution in [2.45, 2.75) is 51.6 Å². The maximum atomic E-state index is 13.1. The van der Waals surface area contributed by atoms with Gasteiger partial charge in [0.25, 0.3) is 0 Å². The molecular weight excluding hydrogens is 303 g/mol. The highest BCUT2D eigenvalue weighted by atomic mass is 35.5. The third kappa shape index (κ3) is 5.93. The molecule has 2 rings (SSSR count). The molecule has 1 aromatic carbocycles. The number of aryl methyl sites for hydroxylation is 1. The summed E-state index contributed by atoms with van der Waals surface area (Å²) in [5.41, 5.74) is 0.949. The number of carbonyl (C=O) groups is 1. The van der Waals surface area contributed by atoms with Crippen LogP contribution in [0.4, 0.5) is 4.39 Å². The normalized spacial score (nSPS) is 22.5. The molecule has 0 bridgehead atoms. The van der Waals surface area contributed by atoms with Crippen molar-refractivity contribution >= 4 is 18.3 Å². The fourth-order valence-corrected chi connectivity index (χ4v) is 2.81. The van der Waals surface area contributed by atoms with Crippen LogP contribution in [0.5, 0.6) is 0 Å². The minimum atomic E-state index is -0.215. The Morgan fingerprint density at radius 3 is 2.95 bits per heavy atom. The van der Waals surface area contributed by atoms with Gasteiger partial charge in [0.2, 0.25) is 5.91 Å². The van der Waals surface area contributed by atoms with Gasteiger partial charge in [0.05, 0.1) is 0 Å². The number of hydrogen-bond acceptors (Lipinski definition) is 2. The predicted octanol–water partition coefficient (Wildman–Crippen LogP) is 3.07. The van der Waals surface area contributed by atoms with Gasteiger partial charge in [-0.1, -0.05) is 19.1 Å². The lowest BCUT2D eigenvalue weighted by molar-refractivity contribution is -0.125. The van der Waals surface area contributed by atoms with Crippen molar-refractivity contribution in [1.29, 1.82) is 0 Å². The molecule has 3 nitrogen and oxygen atoms in total. The highest BCUT2D eigenvalue weighted by molar-refractivity contribution is 5.85. The Morgan fingerprint density at radius 2 is 2.27 bits per heavy atom. The fourth-order valence-electron chi connectivity index (χ4n) is 2.81. The standard InChI is InChI=1S/C17H25FN2O.ClH/c1-12(6-7-14-4-3-5-15(18)11-14)17(21)20-16-8-9-19-13(2)10-16;/h3-5,11-13,16,19H,6-10H2,1-2H3,(H,20,21);1H. The topological polar surface area (TPSA) is 41.1 Å².